The molecule has 0 N–H and O–H groups in total. The standard InChI is InChI=1S/C20H26NO.BrH/c1-2-3-4-5-6-10-15-21-16-11-14-19(17-21)20(22)18-12-8-7-9-13-18;/h7-9,11-14,16-17H,2-6,10,15H2,1H3;1H/q+1;/p-1. The predicted molar refractivity (Wildman–Crippen MR) is 89.9 cm³/mol. The monoisotopic (exact) mass is 375 g/mol. The van der Waals surface area contributed by atoms with Crippen molar-refractivity contribution in [2.24, 2.45) is 0 Å². The van der Waals surface area contributed by atoms with Crippen molar-refractivity contribution >= 4 is 5.78 Å². The second-order valence-electron chi connectivity index (χ2n) is 5.79. The Hall–Kier alpha value is -1.48. The van der Waals surface area contributed by atoms with Gasteiger partial charge in [-0.1, -0.05) is 62.9 Å². The van der Waals surface area contributed by atoms with Gasteiger partial charge in [0, 0.05) is 18.1 Å². The average molecular weight is 376 g/mol. The highest BCUT2D eigenvalue weighted by molar-refractivity contribution is 6.08. The highest BCUT2D eigenvalue weighted by Crippen LogP contribution is 2.08. The molecular formula is C20H26BrNO. The van der Waals surface area contributed by atoms with E-state index < -0.39 is 0 Å². The number of aryl methyl sites for hydroxylation is 1. The van der Waals surface area contributed by atoms with Crippen LogP contribution in [0.3, 0.4) is 0 Å². The third kappa shape index (κ3) is 6.66. The Kier molecular flexibility index (Phi) is 9.46. The van der Waals surface area contributed by atoms with E-state index in [0.29, 0.717) is 0 Å². The Morgan fingerprint density at radius 1 is 0.870 bits per heavy atom. The molecule has 0 atom stereocenters. The number of hydrogen-bond donors (Lipinski definition) is 0. The van der Waals surface area contributed by atoms with Crippen LogP contribution in [0.4, 0.5) is 0 Å². The van der Waals surface area contributed by atoms with E-state index in [2.05, 4.69) is 11.5 Å². The van der Waals surface area contributed by atoms with Crippen LogP contribution < -0.4 is 21.5 Å². The minimum atomic E-state index is 0. The van der Waals surface area contributed by atoms with Gasteiger partial charge in [0.2, 0.25) is 0 Å². The molecule has 0 aliphatic heterocycles. The van der Waals surface area contributed by atoms with Gasteiger partial charge in [0.25, 0.3) is 0 Å². The first-order chi connectivity index (χ1) is 10.8. The third-order valence-electron chi connectivity index (χ3n) is 3.93. The lowest BCUT2D eigenvalue weighted by molar-refractivity contribution is -0.697. The summed E-state index contributed by atoms with van der Waals surface area (Å²) >= 11 is 0. The fourth-order valence-electron chi connectivity index (χ4n) is 2.63. The topological polar surface area (TPSA) is 20.9 Å². The summed E-state index contributed by atoms with van der Waals surface area (Å²) in [7, 11) is 0. The van der Waals surface area contributed by atoms with Gasteiger partial charge in [-0.15, -0.1) is 0 Å². The van der Waals surface area contributed by atoms with Gasteiger partial charge in [-0.2, -0.15) is 0 Å². The molecule has 0 amide bonds. The van der Waals surface area contributed by atoms with Gasteiger partial charge in [-0.3, -0.25) is 4.79 Å². The molecule has 0 bridgehead atoms. The van der Waals surface area contributed by atoms with Gasteiger partial charge in [0.05, 0.1) is 5.56 Å². The summed E-state index contributed by atoms with van der Waals surface area (Å²) in [6.45, 7) is 3.23. The van der Waals surface area contributed by atoms with Crippen molar-refractivity contribution in [3.8, 4) is 0 Å². The molecule has 1 heterocycles. The first-order valence-electron chi connectivity index (χ1n) is 8.40. The molecule has 1 aromatic heterocycles. The highest BCUT2D eigenvalue weighted by atomic mass is 79.9. The van der Waals surface area contributed by atoms with Gasteiger partial charge in [0.15, 0.2) is 18.2 Å². The molecule has 0 aliphatic carbocycles. The van der Waals surface area contributed by atoms with Crippen molar-refractivity contribution < 1.29 is 26.3 Å². The van der Waals surface area contributed by atoms with Crippen LogP contribution in [-0.2, 0) is 6.54 Å². The number of ketones is 1. The van der Waals surface area contributed by atoms with E-state index >= 15 is 0 Å². The molecule has 2 nitrogen and oxygen atoms in total. The van der Waals surface area contributed by atoms with Gasteiger partial charge in [-0.05, 0) is 12.5 Å². The van der Waals surface area contributed by atoms with E-state index in [0.717, 1.165) is 17.7 Å². The second kappa shape index (κ2) is 11.1. The maximum atomic E-state index is 12.4. The van der Waals surface area contributed by atoms with Crippen molar-refractivity contribution in [2.75, 3.05) is 0 Å². The molecule has 0 spiro atoms. The van der Waals surface area contributed by atoms with Crippen molar-refractivity contribution in [3.63, 3.8) is 0 Å². The quantitative estimate of drug-likeness (QED) is 0.370. The number of hydrogen-bond acceptors (Lipinski definition) is 1. The van der Waals surface area contributed by atoms with Crippen molar-refractivity contribution in [3.05, 3.63) is 66.0 Å². The largest absolute Gasteiger partial charge is 1.00 e. The molecule has 0 radical (unpaired) electrons. The minimum Gasteiger partial charge on any atom is -1.00 e. The SMILES string of the molecule is CCCCCCCC[n+]1cccc(C(=O)c2ccccc2)c1.[Br-]. The first kappa shape index (κ1) is 19.6. The van der Waals surface area contributed by atoms with Crippen LogP contribution in [0.5, 0.6) is 0 Å². The molecule has 0 saturated heterocycles. The first-order valence-corrected chi connectivity index (χ1v) is 8.40. The number of pyridine rings is 1. The van der Waals surface area contributed by atoms with Crippen molar-refractivity contribution in [1.82, 2.24) is 0 Å². The van der Waals surface area contributed by atoms with Crippen molar-refractivity contribution in [1.29, 1.82) is 0 Å². The summed E-state index contributed by atoms with van der Waals surface area (Å²) in [5.41, 5.74) is 1.51. The highest BCUT2D eigenvalue weighted by Gasteiger charge is 2.12. The van der Waals surface area contributed by atoms with Crippen LogP contribution in [-0.4, -0.2) is 5.78 Å². The van der Waals surface area contributed by atoms with Crippen LogP contribution in [0, 0.1) is 0 Å². The van der Waals surface area contributed by atoms with Crippen LogP contribution >= 0.6 is 0 Å². The van der Waals surface area contributed by atoms with Crippen LogP contribution in [0.1, 0.15) is 61.4 Å². The fraction of sp³-hybridized carbons (Fsp3) is 0.400. The van der Waals surface area contributed by atoms with Crippen LogP contribution in [0.15, 0.2) is 54.9 Å². The Morgan fingerprint density at radius 3 is 2.26 bits per heavy atom. The van der Waals surface area contributed by atoms with E-state index in [1.165, 1.54) is 38.5 Å². The number of benzene rings is 1. The summed E-state index contributed by atoms with van der Waals surface area (Å²) in [6, 6.07) is 13.3. The molecule has 2 rings (SSSR count). The number of carbonyl (C=O) groups is 1. The summed E-state index contributed by atoms with van der Waals surface area (Å²) in [5.74, 6) is 0.0953. The van der Waals surface area contributed by atoms with Gasteiger partial charge < -0.3 is 17.0 Å². The fourth-order valence-corrected chi connectivity index (χ4v) is 2.63. The van der Waals surface area contributed by atoms with Gasteiger partial charge in [-0.25, -0.2) is 4.57 Å². The number of nitrogens with zero attached hydrogens (tertiary/aromatic N) is 1. The zero-order valence-corrected chi connectivity index (χ0v) is 15.5. The molecule has 0 fully saturated rings. The van der Waals surface area contributed by atoms with E-state index in [1.807, 2.05) is 54.9 Å². The number of unbranched alkanes of at least 4 members (excludes halogenated alkanes) is 5. The lowest BCUT2D eigenvalue weighted by Gasteiger charge is -2.02. The number of carbonyl (C=O) groups excluding carboxylic acids is 1. The molecule has 23 heavy (non-hydrogen) atoms. The molecular weight excluding hydrogens is 350 g/mol. The number of rotatable bonds is 9. The summed E-state index contributed by atoms with van der Waals surface area (Å²) in [6.07, 6.45) is 11.8. The maximum absolute atomic E-state index is 12.4. The molecule has 2 aromatic rings. The van der Waals surface area contributed by atoms with E-state index in [4.69, 9.17) is 0 Å². The summed E-state index contributed by atoms with van der Waals surface area (Å²) in [5, 5.41) is 0. The molecule has 1 aromatic carbocycles. The zero-order chi connectivity index (χ0) is 15.6. The molecule has 0 unspecified atom stereocenters. The molecule has 0 aliphatic rings. The Morgan fingerprint density at radius 2 is 1.52 bits per heavy atom. The van der Waals surface area contributed by atoms with E-state index in [-0.39, 0.29) is 22.8 Å². The lowest BCUT2D eigenvalue weighted by Crippen LogP contribution is -3.00. The summed E-state index contributed by atoms with van der Waals surface area (Å²) in [4.78, 5) is 12.4. The summed E-state index contributed by atoms with van der Waals surface area (Å²) < 4.78 is 2.13. The Bertz CT molecular complexity index is 583. The van der Waals surface area contributed by atoms with E-state index in [1.54, 1.807) is 0 Å². The number of aromatic nitrogens is 1. The smallest absolute Gasteiger partial charge is 0.199 e. The molecule has 0 saturated carbocycles. The average Bonchev–Trinajstić information content (AvgIpc) is 2.58. The van der Waals surface area contributed by atoms with Gasteiger partial charge in [0.1, 0.15) is 6.54 Å². The maximum Gasteiger partial charge on any atom is 0.199 e. The molecule has 3 heteroatoms. The van der Waals surface area contributed by atoms with Gasteiger partial charge >= 0.3 is 0 Å². The lowest BCUT2D eigenvalue weighted by atomic mass is 10.1. The van der Waals surface area contributed by atoms with E-state index in [9.17, 15) is 4.79 Å². The predicted octanol–water partition coefficient (Wildman–Crippen LogP) is 1.57. The third-order valence-corrected chi connectivity index (χ3v) is 3.93. The van der Waals surface area contributed by atoms with Crippen molar-refractivity contribution in [2.45, 2.75) is 52.0 Å². The minimum absolute atomic E-state index is 0. The Balaban J connectivity index is 0.00000264. The number of halogens is 1. The normalized spacial score (nSPS) is 10.1. The second-order valence-corrected chi connectivity index (χ2v) is 5.79. The van der Waals surface area contributed by atoms with Crippen LogP contribution in [0.25, 0.3) is 0 Å². The van der Waals surface area contributed by atoms with Crippen LogP contribution in [0.2, 0.25) is 0 Å². The zero-order valence-electron chi connectivity index (χ0n) is 13.9. The molecule has 124 valence electrons. The Labute approximate surface area is 150 Å².